The number of piperidine rings is 1. The minimum Gasteiger partial charge on any atom is -0.469 e. The second kappa shape index (κ2) is 9.71. The van der Waals surface area contributed by atoms with Crippen LogP contribution in [-0.4, -0.2) is 62.9 Å². The average Bonchev–Trinajstić information content (AvgIpc) is 3.50. The number of anilines is 1. The van der Waals surface area contributed by atoms with Gasteiger partial charge >= 0.3 is 5.97 Å². The molecule has 0 amide bonds. The zero-order chi connectivity index (χ0) is 25.8. The first kappa shape index (κ1) is 24.9. The standard InChI is InChI=1S/C27H32Cl2N6O2/c1-15-26-27-31-24(14-30-26)34-10-8-18(33-9-4-5-17(33)6-7-25(36)37-3)11-23(34)20-12-19(16(2)35(27)32-15)21(28)13-22(20)29/h12-14,16-18,23H,4-11H2,1-3H3/t16-,17+,18?,23-/m1/s1. The topological polar surface area (TPSA) is 76.4 Å². The van der Waals surface area contributed by atoms with E-state index in [1.165, 1.54) is 7.11 Å². The van der Waals surface area contributed by atoms with Crippen LogP contribution >= 0.6 is 23.2 Å². The molecule has 37 heavy (non-hydrogen) atoms. The third-order valence-electron chi connectivity index (χ3n) is 8.52. The van der Waals surface area contributed by atoms with Crippen molar-refractivity contribution >= 4 is 46.2 Å². The maximum Gasteiger partial charge on any atom is 0.305 e. The number of benzene rings is 1. The molecule has 3 aliphatic rings. The van der Waals surface area contributed by atoms with Crippen molar-refractivity contribution in [3.8, 4) is 0 Å². The SMILES string of the molecule is COC(=O)CC[C@@H]1CCCN1C1CCN2c3cnc4c(C)nn(c4n3)[C@H](C)c3cc(c(Cl)cc3Cl)[C@H]2C1. The third kappa shape index (κ3) is 4.27. The zero-order valence-electron chi connectivity index (χ0n) is 21.5. The van der Waals surface area contributed by atoms with Crippen LogP contribution in [0.2, 0.25) is 10.0 Å². The summed E-state index contributed by atoms with van der Waals surface area (Å²) < 4.78 is 6.83. The molecule has 1 unspecified atom stereocenters. The van der Waals surface area contributed by atoms with Crippen LogP contribution < -0.4 is 4.90 Å². The quantitative estimate of drug-likeness (QED) is 0.403. The van der Waals surface area contributed by atoms with Crippen molar-refractivity contribution in [2.75, 3.05) is 25.1 Å². The van der Waals surface area contributed by atoms with Gasteiger partial charge in [0.05, 0.1) is 31.1 Å². The van der Waals surface area contributed by atoms with Gasteiger partial charge in [-0.1, -0.05) is 23.2 Å². The summed E-state index contributed by atoms with van der Waals surface area (Å²) in [6.45, 7) is 5.96. The van der Waals surface area contributed by atoms with Crippen molar-refractivity contribution in [3.63, 3.8) is 0 Å². The Balaban J connectivity index is 1.40. The summed E-state index contributed by atoms with van der Waals surface area (Å²) in [5, 5.41) is 6.08. The summed E-state index contributed by atoms with van der Waals surface area (Å²) in [5.74, 6) is 0.717. The number of aromatic nitrogens is 4. The van der Waals surface area contributed by atoms with Crippen LogP contribution in [0, 0.1) is 6.92 Å². The molecule has 4 bridgehead atoms. The summed E-state index contributed by atoms with van der Waals surface area (Å²) in [4.78, 5) is 26.7. The van der Waals surface area contributed by atoms with Crippen LogP contribution in [0.25, 0.3) is 11.2 Å². The van der Waals surface area contributed by atoms with E-state index in [-0.39, 0.29) is 18.1 Å². The Morgan fingerprint density at radius 3 is 2.78 bits per heavy atom. The molecule has 0 N–H and O–H groups in total. The van der Waals surface area contributed by atoms with Gasteiger partial charge in [-0.25, -0.2) is 14.6 Å². The number of aryl methyl sites for hydroxylation is 1. The highest BCUT2D eigenvalue weighted by atomic mass is 35.5. The summed E-state index contributed by atoms with van der Waals surface area (Å²) in [7, 11) is 1.46. The van der Waals surface area contributed by atoms with Crippen molar-refractivity contribution in [2.45, 2.75) is 76.5 Å². The fraction of sp³-hybridized carbons (Fsp3) is 0.556. The molecule has 2 saturated heterocycles. The first-order chi connectivity index (χ1) is 17.9. The van der Waals surface area contributed by atoms with Gasteiger partial charge in [0, 0.05) is 35.1 Å². The molecule has 2 aromatic heterocycles. The summed E-state index contributed by atoms with van der Waals surface area (Å²) in [5.41, 5.74) is 4.50. The van der Waals surface area contributed by atoms with Crippen LogP contribution in [-0.2, 0) is 9.53 Å². The molecular weight excluding hydrogens is 511 g/mol. The van der Waals surface area contributed by atoms with Gasteiger partial charge in [-0.2, -0.15) is 5.10 Å². The van der Waals surface area contributed by atoms with Crippen molar-refractivity contribution in [1.82, 2.24) is 24.6 Å². The number of nitrogens with zero attached hydrogens (tertiary/aromatic N) is 6. The molecule has 4 atom stereocenters. The fourth-order valence-electron chi connectivity index (χ4n) is 6.59. The second-order valence-electron chi connectivity index (χ2n) is 10.5. The van der Waals surface area contributed by atoms with E-state index in [0.717, 1.165) is 79.0 Å². The summed E-state index contributed by atoms with van der Waals surface area (Å²) >= 11 is 13.6. The zero-order valence-corrected chi connectivity index (χ0v) is 23.0. The lowest BCUT2D eigenvalue weighted by Gasteiger charge is -2.45. The van der Waals surface area contributed by atoms with E-state index in [4.69, 9.17) is 43.0 Å². The molecule has 6 rings (SSSR count). The van der Waals surface area contributed by atoms with E-state index in [1.54, 1.807) is 0 Å². The molecule has 0 radical (unpaired) electrons. The predicted octanol–water partition coefficient (Wildman–Crippen LogP) is 5.49. The number of rotatable bonds is 4. The lowest BCUT2D eigenvalue weighted by Crippen LogP contribution is -2.48. The van der Waals surface area contributed by atoms with E-state index < -0.39 is 0 Å². The van der Waals surface area contributed by atoms with Crippen LogP contribution in [0.3, 0.4) is 0 Å². The Morgan fingerprint density at radius 2 is 1.97 bits per heavy atom. The minimum absolute atomic E-state index is 0.0404. The Morgan fingerprint density at radius 1 is 1.16 bits per heavy atom. The molecule has 0 spiro atoms. The smallest absolute Gasteiger partial charge is 0.305 e. The number of ether oxygens (including phenoxy) is 1. The molecule has 1 aromatic carbocycles. The molecule has 2 fully saturated rings. The van der Waals surface area contributed by atoms with E-state index in [2.05, 4.69) is 22.8 Å². The Kier molecular flexibility index (Phi) is 6.53. The summed E-state index contributed by atoms with van der Waals surface area (Å²) in [6, 6.07) is 4.79. The number of carbonyl (C=O) groups excluding carboxylic acids is 1. The molecule has 0 aliphatic carbocycles. The minimum atomic E-state index is -0.132. The van der Waals surface area contributed by atoms with Gasteiger partial charge in [-0.15, -0.1) is 0 Å². The van der Waals surface area contributed by atoms with Gasteiger partial charge < -0.3 is 9.64 Å². The van der Waals surface area contributed by atoms with Gasteiger partial charge in [0.15, 0.2) is 5.65 Å². The number of halogens is 2. The Hall–Kier alpha value is -2.42. The largest absolute Gasteiger partial charge is 0.469 e. The molecule has 8 nitrogen and oxygen atoms in total. The van der Waals surface area contributed by atoms with E-state index in [1.807, 2.05) is 23.9 Å². The molecule has 0 saturated carbocycles. The van der Waals surface area contributed by atoms with Crippen LogP contribution in [0.15, 0.2) is 18.3 Å². The first-order valence-corrected chi connectivity index (χ1v) is 13.9. The Bertz CT molecular complexity index is 1360. The maximum atomic E-state index is 11.8. The monoisotopic (exact) mass is 542 g/mol. The normalized spacial score (nSPS) is 25.5. The maximum absolute atomic E-state index is 11.8. The lowest BCUT2D eigenvalue weighted by molar-refractivity contribution is -0.141. The highest BCUT2D eigenvalue weighted by Gasteiger charge is 2.39. The molecule has 5 heterocycles. The van der Waals surface area contributed by atoms with Gasteiger partial charge in [0.2, 0.25) is 0 Å². The predicted molar refractivity (Wildman–Crippen MR) is 144 cm³/mol. The van der Waals surface area contributed by atoms with Crippen molar-refractivity contribution in [3.05, 3.63) is 45.2 Å². The number of hydrogen-bond donors (Lipinski definition) is 0. The number of esters is 1. The average molecular weight is 543 g/mol. The fourth-order valence-corrected chi connectivity index (χ4v) is 7.26. The molecule has 10 heteroatoms. The number of hydrogen-bond acceptors (Lipinski definition) is 7. The van der Waals surface area contributed by atoms with Crippen molar-refractivity contribution in [2.24, 2.45) is 0 Å². The molecule has 3 aromatic rings. The van der Waals surface area contributed by atoms with E-state index in [9.17, 15) is 4.79 Å². The number of fused-ring (bicyclic) bond motifs is 6. The van der Waals surface area contributed by atoms with Crippen LogP contribution in [0.4, 0.5) is 5.82 Å². The van der Waals surface area contributed by atoms with Gasteiger partial charge in [-0.3, -0.25) is 9.69 Å². The van der Waals surface area contributed by atoms with Crippen LogP contribution in [0.5, 0.6) is 0 Å². The van der Waals surface area contributed by atoms with Crippen LogP contribution in [0.1, 0.15) is 74.4 Å². The third-order valence-corrected chi connectivity index (χ3v) is 9.18. The van der Waals surface area contributed by atoms with Gasteiger partial charge in [0.1, 0.15) is 11.3 Å². The number of likely N-dealkylation sites (tertiary alicyclic amines) is 1. The Labute approximate surface area is 226 Å². The van der Waals surface area contributed by atoms with Crippen molar-refractivity contribution in [1.29, 1.82) is 0 Å². The number of carbonyl (C=O) groups is 1. The number of methoxy groups -OCH3 is 1. The highest BCUT2D eigenvalue weighted by Crippen LogP contribution is 2.44. The lowest BCUT2D eigenvalue weighted by atomic mass is 9.88. The van der Waals surface area contributed by atoms with Gasteiger partial charge in [-0.05, 0) is 75.8 Å². The van der Waals surface area contributed by atoms with Gasteiger partial charge in [0.25, 0.3) is 0 Å². The highest BCUT2D eigenvalue weighted by molar-refractivity contribution is 6.35. The molecule has 3 aliphatic heterocycles. The first-order valence-electron chi connectivity index (χ1n) is 13.2. The summed E-state index contributed by atoms with van der Waals surface area (Å²) in [6.07, 6.45) is 7.39. The van der Waals surface area contributed by atoms with Crippen molar-refractivity contribution < 1.29 is 9.53 Å². The molecular formula is C27H32Cl2N6O2. The van der Waals surface area contributed by atoms with E-state index in [0.29, 0.717) is 28.5 Å². The second-order valence-corrected chi connectivity index (χ2v) is 11.4. The van der Waals surface area contributed by atoms with E-state index >= 15 is 0 Å². The molecule has 196 valence electrons.